The van der Waals surface area contributed by atoms with Gasteiger partial charge in [-0.05, 0) is 25.1 Å². The smallest absolute Gasteiger partial charge is 0.256 e. The molecule has 2 rings (SSSR count). The van der Waals surface area contributed by atoms with Crippen molar-refractivity contribution in [2.24, 2.45) is 0 Å². The van der Waals surface area contributed by atoms with Crippen molar-refractivity contribution in [3.05, 3.63) is 39.9 Å². The molecule has 0 aliphatic carbocycles. The molecule has 0 spiro atoms. The van der Waals surface area contributed by atoms with Gasteiger partial charge in [0.15, 0.2) is 5.82 Å². The monoisotopic (exact) mass is 323 g/mol. The molecule has 100 valence electrons. The lowest BCUT2D eigenvalue weighted by Gasteiger charge is -2.16. The summed E-state index contributed by atoms with van der Waals surface area (Å²) < 4.78 is 0.812. The number of hydrogen-bond donors (Lipinski definition) is 2. The number of benzene rings is 1. The Bertz CT molecular complexity index is 610. The number of amides is 1. The number of aryl methyl sites for hydroxylation is 1. The summed E-state index contributed by atoms with van der Waals surface area (Å²) in [5.74, 6) is 1.13. The van der Waals surface area contributed by atoms with Crippen LogP contribution in [0, 0.1) is 6.92 Å². The third-order valence-corrected chi connectivity index (χ3v) is 3.11. The molecular formula is C12H14BrN5O. The maximum absolute atomic E-state index is 12.3. The zero-order chi connectivity index (χ0) is 14.0. The van der Waals surface area contributed by atoms with Crippen molar-refractivity contribution < 1.29 is 4.79 Å². The molecule has 19 heavy (non-hydrogen) atoms. The summed E-state index contributed by atoms with van der Waals surface area (Å²) in [6.07, 6.45) is 0. The van der Waals surface area contributed by atoms with Gasteiger partial charge in [-0.3, -0.25) is 9.89 Å². The average molecular weight is 324 g/mol. The van der Waals surface area contributed by atoms with Crippen LogP contribution in [-0.2, 0) is 6.54 Å². The van der Waals surface area contributed by atoms with Crippen molar-refractivity contribution in [3.8, 4) is 0 Å². The van der Waals surface area contributed by atoms with Crippen LogP contribution in [0.3, 0.4) is 0 Å². The number of aromatic amines is 1. The molecule has 0 radical (unpaired) electrons. The highest BCUT2D eigenvalue weighted by atomic mass is 79.9. The maximum Gasteiger partial charge on any atom is 0.256 e. The number of nitrogens with one attached hydrogen (secondary N) is 1. The van der Waals surface area contributed by atoms with Crippen LogP contribution in [0.2, 0.25) is 0 Å². The minimum Gasteiger partial charge on any atom is -0.398 e. The zero-order valence-corrected chi connectivity index (χ0v) is 12.2. The largest absolute Gasteiger partial charge is 0.398 e. The van der Waals surface area contributed by atoms with Crippen molar-refractivity contribution in [1.82, 2.24) is 20.1 Å². The van der Waals surface area contributed by atoms with E-state index in [1.54, 1.807) is 25.2 Å². The molecular weight excluding hydrogens is 310 g/mol. The molecule has 0 saturated carbocycles. The van der Waals surface area contributed by atoms with Crippen molar-refractivity contribution in [1.29, 1.82) is 0 Å². The minimum atomic E-state index is -0.166. The number of aromatic nitrogens is 3. The third-order valence-electron chi connectivity index (χ3n) is 2.61. The quantitative estimate of drug-likeness (QED) is 0.842. The van der Waals surface area contributed by atoms with E-state index in [4.69, 9.17) is 5.73 Å². The summed E-state index contributed by atoms with van der Waals surface area (Å²) in [6, 6.07) is 5.20. The lowest BCUT2D eigenvalue weighted by Crippen LogP contribution is -2.27. The van der Waals surface area contributed by atoms with E-state index in [9.17, 15) is 4.79 Å². The van der Waals surface area contributed by atoms with E-state index >= 15 is 0 Å². The number of H-pyrrole nitrogens is 1. The first-order valence-electron chi connectivity index (χ1n) is 5.65. The van der Waals surface area contributed by atoms with Gasteiger partial charge in [-0.2, -0.15) is 5.10 Å². The Kier molecular flexibility index (Phi) is 3.84. The van der Waals surface area contributed by atoms with Crippen LogP contribution >= 0.6 is 15.9 Å². The van der Waals surface area contributed by atoms with Crippen LogP contribution in [0.5, 0.6) is 0 Å². The van der Waals surface area contributed by atoms with E-state index in [2.05, 4.69) is 31.1 Å². The fourth-order valence-electron chi connectivity index (χ4n) is 1.66. The molecule has 0 aliphatic rings. The van der Waals surface area contributed by atoms with Gasteiger partial charge < -0.3 is 10.6 Å². The lowest BCUT2D eigenvalue weighted by molar-refractivity contribution is 0.0782. The minimum absolute atomic E-state index is 0.166. The van der Waals surface area contributed by atoms with E-state index in [1.165, 1.54) is 4.90 Å². The predicted octanol–water partition coefficient (Wildman–Crippen LogP) is 1.73. The van der Waals surface area contributed by atoms with Crippen LogP contribution in [0.1, 0.15) is 22.0 Å². The van der Waals surface area contributed by atoms with E-state index in [0.29, 0.717) is 23.6 Å². The second-order valence-corrected chi connectivity index (χ2v) is 5.15. The molecule has 0 bridgehead atoms. The molecule has 6 nitrogen and oxygen atoms in total. The molecule has 3 N–H and O–H groups in total. The van der Waals surface area contributed by atoms with Crippen molar-refractivity contribution in [2.75, 3.05) is 12.8 Å². The topological polar surface area (TPSA) is 87.9 Å². The van der Waals surface area contributed by atoms with Crippen LogP contribution in [0.4, 0.5) is 5.69 Å². The number of anilines is 1. The molecule has 0 unspecified atom stereocenters. The van der Waals surface area contributed by atoms with E-state index in [1.807, 2.05) is 6.92 Å². The number of carbonyl (C=O) groups excluding carboxylic acids is 1. The van der Waals surface area contributed by atoms with Gasteiger partial charge in [0.05, 0.1) is 12.1 Å². The number of carbonyl (C=O) groups is 1. The first kappa shape index (κ1) is 13.5. The molecule has 7 heteroatoms. The van der Waals surface area contributed by atoms with Crippen LogP contribution in [0.25, 0.3) is 0 Å². The second kappa shape index (κ2) is 5.40. The molecule has 1 heterocycles. The maximum atomic E-state index is 12.3. The first-order chi connectivity index (χ1) is 8.97. The van der Waals surface area contributed by atoms with E-state index in [-0.39, 0.29) is 5.91 Å². The normalized spacial score (nSPS) is 10.5. The molecule has 2 aromatic rings. The van der Waals surface area contributed by atoms with Crippen LogP contribution < -0.4 is 5.73 Å². The molecule has 1 aromatic carbocycles. The zero-order valence-electron chi connectivity index (χ0n) is 10.6. The summed E-state index contributed by atoms with van der Waals surface area (Å²) in [7, 11) is 1.69. The SMILES string of the molecule is Cc1nc(CN(C)C(=O)c2cc(Br)ccc2N)n[nH]1. The summed E-state index contributed by atoms with van der Waals surface area (Å²) >= 11 is 3.33. The predicted molar refractivity (Wildman–Crippen MR) is 75.5 cm³/mol. The number of nitrogens with zero attached hydrogens (tertiary/aromatic N) is 3. The fourth-order valence-corrected chi connectivity index (χ4v) is 2.02. The van der Waals surface area contributed by atoms with Gasteiger partial charge in [0.2, 0.25) is 0 Å². The summed E-state index contributed by atoms with van der Waals surface area (Å²) in [6.45, 7) is 2.14. The lowest BCUT2D eigenvalue weighted by atomic mass is 10.1. The van der Waals surface area contributed by atoms with Gasteiger partial charge in [-0.15, -0.1) is 0 Å². The summed E-state index contributed by atoms with van der Waals surface area (Å²) in [4.78, 5) is 18.0. The molecule has 0 saturated heterocycles. The Morgan fingerprint density at radius 1 is 1.53 bits per heavy atom. The van der Waals surface area contributed by atoms with Gasteiger partial charge in [0.25, 0.3) is 5.91 Å². The van der Waals surface area contributed by atoms with E-state index in [0.717, 1.165) is 10.3 Å². The number of nitrogens with two attached hydrogens (primary N) is 1. The highest BCUT2D eigenvalue weighted by molar-refractivity contribution is 9.10. The highest BCUT2D eigenvalue weighted by Gasteiger charge is 2.16. The van der Waals surface area contributed by atoms with Gasteiger partial charge in [0.1, 0.15) is 5.82 Å². The standard InChI is InChI=1S/C12H14BrN5O/c1-7-15-11(17-16-7)6-18(2)12(19)9-5-8(13)3-4-10(9)14/h3-5H,6,14H2,1-2H3,(H,15,16,17). The van der Waals surface area contributed by atoms with Crippen molar-refractivity contribution in [2.45, 2.75) is 13.5 Å². The number of nitrogen functional groups attached to an aromatic ring is 1. The second-order valence-electron chi connectivity index (χ2n) is 4.23. The van der Waals surface area contributed by atoms with Gasteiger partial charge >= 0.3 is 0 Å². The molecule has 0 atom stereocenters. The Labute approximate surface area is 119 Å². The number of halogens is 1. The molecule has 1 aromatic heterocycles. The molecule has 1 amide bonds. The molecule has 0 fully saturated rings. The molecule has 0 aliphatic heterocycles. The first-order valence-corrected chi connectivity index (χ1v) is 6.45. The fraction of sp³-hybridized carbons (Fsp3) is 0.250. The third kappa shape index (κ3) is 3.11. The van der Waals surface area contributed by atoms with Crippen LogP contribution in [0.15, 0.2) is 22.7 Å². The average Bonchev–Trinajstić information content (AvgIpc) is 2.77. The Hall–Kier alpha value is -1.89. The Morgan fingerprint density at radius 3 is 2.89 bits per heavy atom. The van der Waals surface area contributed by atoms with Gasteiger partial charge in [-0.25, -0.2) is 4.98 Å². The highest BCUT2D eigenvalue weighted by Crippen LogP contribution is 2.20. The number of rotatable bonds is 3. The van der Waals surface area contributed by atoms with Crippen molar-refractivity contribution in [3.63, 3.8) is 0 Å². The van der Waals surface area contributed by atoms with Crippen molar-refractivity contribution >= 4 is 27.5 Å². The van der Waals surface area contributed by atoms with Gasteiger partial charge in [-0.1, -0.05) is 15.9 Å². The number of hydrogen-bond acceptors (Lipinski definition) is 4. The Balaban J connectivity index is 2.16. The summed E-state index contributed by atoms with van der Waals surface area (Å²) in [5, 5.41) is 6.74. The summed E-state index contributed by atoms with van der Waals surface area (Å²) in [5.41, 5.74) is 6.73. The van der Waals surface area contributed by atoms with Gasteiger partial charge in [0, 0.05) is 17.2 Å². The van der Waals surface area contributed by atoms with Crippen LogP contribution in [-0.4, -0.2) is 33.0 Å². The Morgan fingerprint density at radius 2 is 2.26 bits per heavy atom. The van der Waals surface area contributed by atoms with E-state index < -0.39 is 0 Å².